The van der Waals surface area contributed by atoms with Crippen molar-refractivity contribution in [2.24, 2.45) is 0 Å². The standard InChI is InChI=1S/C16H26N2O3/c1-5-6-7-8-13(4)17-14-9-15(18(19)20)11-16(10-14)21-12(2)3/h9-13,17H,5-8H2,1-4H3. The number of hydrogen-bond donors (Lipinski definition) is 1. The van der Waals surface area contributed by atoms with Crippen molar-refractivity contribution in [1.82, 2.24) is 0 Å². The highest BCUT2D eigenvalue weighted by Crippen LogP contribution is 2.27. The minimum atomic E-state index is -0.389. The van der Waals surface area contributed by atoms with Crippen molar-refractivity contribution < 1.29 is 9.66 Å². The molecular formula is C16H26N2O3. The molecule has 0 bridgehead atoms. The van der Waals surface area contributed by atoms with Gasteiger partial charge in [-0.15, -0.1) is 0 Å². The lowest BCUT2D eigenvalue weighted by Crippen LogP contribution is -2.15. The average Bonchev–Trinajstić information content (AvgIpc) is 2.37. The van der Waals surface area contributed by atoms with Gasteiger partial charge in [-0.2, -0.15) is 0 Å². The summed E-state index contributed by atoms with van der Waals surface area (Å²) in [4.78, 5) is 10.6. The second-order valence-electron chi connectivity index (χ2n) is 5.68. The average molecular weight is 294 g/mol. The quantitative estimate of drug-likeness (QED) is 0.405. The highest BCUT2D eigenvalue weighted by atomic mass is 16.6. The zero-order valence-electron chi connectivity index (χ0n) is 13.4. The van der Waals surface area contributed by atoms with Crippen LogP contribution < -0.4 is 10.1 Å². The van der Waals surface area contributed by atoms with E-state index in [1.807, 2.05) is 19.9 Å². The third-order valence-electron chi connectivity index (χ3n) is 3.13. The Hall–Kier alpha value is -1.78. The molecule has 1 rings (SSSR count). The summed E-state index contributed by atoms with van der Waals surface area (Å²) in [5, 5.41) is 14.3. The lowest BCUT2D eigenvalue weighted by molar-refractivity contribution is -0.384. The Morgan fingerprint density at radius 2 is 1.95 bits per heavy atom. The molecule has 0 saturated carbocycles. The summed E-state index contributed by atoms with van der Waals surface area (Å²) in [7, 11) is 0. The van der Waals surface area contributed by atoms with E-state index in [0.29, 0.717) is 5.75 Å². The highest BCUT2D eigenvalue weighted by molar-refractivity contribution is 5.56. The van der Waals surface area contributed by atoms with E-state index in [2.05, 4.69) is 19.2 Å². The van der Waals surface area contributed by atoms with Crippen molar-refractivity contribution in [3.05, 3.63) is 28.3 Å². The summed E-state index contributed by atoms with van der Waals surface area (Å²) < 4.78 is 5.58. The first-order valence-corrected chi connectivity index (χ1v) is 7.65. The molecule has 0 aromatic heterocycles. The maximum Gasteiger partial charge on any atom is 0.275 e. The molecule has 0 fully saturated rings. The van der Waals surface area contributed by atoms with Gasteiger partial charge in [-0.05, 0) is 27.2 Å². The fraction of sp³-hybridized carbons (Fsp3) is 0.625. The Kier molecular flexibility index (Phi) is 6.99. The Morgan fingerprint density at radius 3 is 2.52 bits per heavy atom. The normalized spacial score (nSPS) is 12.2. The molecular weight excluding hydrogens is 268 g/mol. The van der Waals surface area contributed by atoms with Crippen LogP contribution in [0, 0.1) is 10.1 Å². The molecule has 1 aromatic rings. The van der Waals surface area contributed by atoms with Gasteiger partial charge in [0.25, 0.3) is 5.69 Å². The van der Waals surface area contributed by atoms with Gasteiger partial charge in [0, 0.05) is 23.9 Å². The van der Waals surface area contributed by atoms with E-state index in [1.165, 1.54) is 18.9 Å². The second kappa shape index (κ2) is 8.49. The maximum atomic E-state index is 11.0. The van der Waals surface area contributed by atoms with Gasteiger partial charge < -0.3 is 10.1 Å². The molecule has 118 valence electrons. The second-order valence-corrected chi connectivity index (χ2v) is 5.68. The van der Waals surface area contributed by atoms with Crippen LogP contribution in [-0.2, 0) is 0 Å². The van der Waals surface area contributed by atoms with E-state index in [1.54, 1.807) is 6.07 Å². The SMILES string of the molecule is CCCCCC(C)Nc1cc(OC(C)C)cc([N+](=O)[O-])c1. The number of nitrogens with zero attached hydrogens (tertiary/aromatic N) is 1. The summed E-state index contributed by atoms with van der Waals surface area (Å²) in [5.74, 6) is 0.530. The number of benzene rings is 1. The molecule has 0 aliphatic rings. The van der Waals surface area contributed by atoms with Gasteiger partial charge >= 0.3 is 0 Å². The van der Waals surface area contributed by atoms with Gasteiger partial charge in [0.05, 0.1) is 17.1 Å². The van der Waals surface area contributed by atoms with Crippen molar-refractivity contribution >= 4 is 11.4 Å². The molecule has 0 radical (unpaired) electrons. The van der Waals surface area contributed by atoms with E-state index in [0.717, 1.165) is 18.5 Å². The number of nitrogens with one attached hydrogen (secondary N) is 1. The Balaban J connectivity index is 2.79. The highest BCUT2D eigenvalue weighted by Gasteiger charge is 2.13. The predicted octanol–water partition coefficient (Wildman–Crippen LogP) is 4.76. The largest absolute Gasteiger partial charge is 0.491 e. The van der Waals surface area contributed by atoms with Crippen LogP contribution in [0.15, 0.2) is 18.2 Å². The smallest absolute Gasteiger partial charge is 0.275 e. The molecule has 0 spiro atoms. The van der Waals surface area contributed by atoms with Crippen LogP contribution >= 0.6 is 0 Å². The molecule has 1 atom stereocenters. The summed E-state index contributed by atoms with van der Waals surface area (Å²) in [5.41, 5.74) is 0.792. The van der Waals surface area contributed by atoms with Crippen molar-refractivity contribution in [1.29, 1.82) is 0 Å². The van der Waals surface area contributed by atoms with Crippen LogP contribution in [0.3, 0.4) is 0 Å². The van der Waals surface area contributed by atoms with Crippen LogP contribution in [0.5, 0.6) is 5.75 Å². The minimum Gasteiger partial charge on any atom is -0.491 e. The van der Waals surface area contributed by atoms with Crippen LogP contribution in [-0.4, -0.2) is 17.1 Å². The van der Waals surface area contributed by atoms with Crippen LogP contribution in [0.1, 0.15) is 53.4 Å². The molecule has 0 heterocycles. The van der Waals surface area contributed by atoms with Crippen molar-refractivity contribution in [2.45, 2.75) is 65.5 Å². The van der Waals surface area contributed by atoms with Crippen LogP contribution in [0.4, 0.5) is 11.4 Å². The molecule has 1 N–H and O–H groups in total. The number of unbranched alkanes of at least 4 members (excludes halogenated alkanes) is 2. The first-order valence-electron chi connectivity index (χ1n) is 7.65. The third-order valence-corrected chi connectivity index (χ3v) is 3.13. The summed E-state index contributed by atoms with van der Waals surface area (Å²) in [6.45, 7) is 8.07. The first kappa shape index (κ1) is 17.3. The van der Waals surface area contributed by atoms with Crippen LogP contribution in [0.25, 0.3) is 0 Å². The van der Waals surface area contributed by atoms with Gasteiger partial charge in [0.15, 0.2) is 0 Å². The molecule has 5 nitrogen and oxygen atoms in total. The third kappa shape index (κ3) is 6.47. The topological polar surface area (TPSA) is 64.4 Å². The van der Waals surface area contributed by atoms with Crippen LogP contribution in [0.2, 0.25) is 0 Å². The summed E-state index contributed by atoms with van der Waals surface area (Å²) in [6.07, 6.45) is 4.60. The van der Waals surface area contributed by atoms with E-state index in [4.69, 9.17) is 4.74 Å². The number of hydrogen-bond acceptors (Lipinski definition) is 4. The van der Waals surface area contributed by atoms with Gasteiger partial charge in [-0.1, -0.05) is 26.2 Å². The van der Waals surface area contributed by atoms with Gasteiger partial charge in [-0.25, -0.2) is 0 Å². The fourth-order valence-corrected chi connectivity index (χ4v) is 2.17. The lowest BCUT2D eigenvalue weighted by atomic mass is 10.1. The Labute approximate surface area is 126 Å². The molecule has 0 aliphatic carbocycles. The van der Waals surface area contributed by atoms with Crippen molar-refractivity contribution in [3.8, 4) is 5.75 Å². The molecule has 0 amide bonds. The first-order chi connectivity index (χ1) is 9.92. The van der Waals surface area contributed by atoms with Crippen molar-refractivity contribution in [2.75, 3.05) is 5.32 Å². The number of ether oxygens (including phenoxy) is 1. The number of rotatable bonds is 9. The summed E-state index contributed by atoms with van der Waals surface area (Å²) >= 11 is 0. The fourth-order valence-electron chi connectivity index (χ4n) is 2.17. The molecule has 1 unspecified atom stereocenters. The predicted molar refractivity (Wildman–Crippen MR) is 86.1 cm³/mol. The number of non-ortho nitro benzene ring substituents is 1. The van der Waals surface area contributed by atoms with Gasteiger partial charge in [-0.3, -0.25) is 10.1 Å². The molecule has 5 heteroatoms. The minimum absolute atomic E-state index is 0.0122. The monoisotopic (exact) mass is 294 g/mol. The number of nitro benzene ring substituents is 1. The zero-order chi connectivity index (χ0) is 15.8. The zero-order valence-corrected chi connectivity index (χ0v) is 13.4. The molecule has 0 saturated heterocycles. The lowest BCUT2D eigenvalue weighted by Gasteiger charge is -2.16. The maximum absolute atomic E-state index is 11.0. The number of nitro groups is 1. The molecule has 1 aromatic carbocycles. The van der Waals surface area contributed by atoms with E-state index >= 15 is 0 Å². The number of anilines is 1. The van der Waals surface area contributed by atoms with E-state index in [9.17, 15) is 10.1 Å². The Bertz CT molecular complexity index is 461. The van der Waals surface area contributed by atoms with Crippen molar-refractivity contribution in [3.63, 3.8) is 0 Å². The molecule has 21 heavy (non-hydrogen) atoms. The van der Waals surface area contributed by atoms with E-state index in [-0.39, 0.29) is 22.8 Å². The van der Waals surface area contributed by atoms with E-state index < -0.39 is 0 Å². The summed E-state index contributed by atoms with van der Waals surface area (Å²) in [6, 6.07) is 5.13. The van der Waals surface area contributed by atoms with Gasteiger partial charge in [0.1, 0.15) is 5.75 Å². The molecule has 0 aliphatic heterocycles. The Morgan fingerprint density at radius 1 is 1.24 bits per heavy atom. The van der Waals surface area contributed by atoms with Gasteiger partial charge in [0.2, 0.25) is 0 Å².